The van der Waals surface area contributed by atoms with Crippen LogP contribution < -0.4 is 5.32 Å². The van der Waals surface area contributed by atoms with Gasteiger partial charge in [0.25, 0.3) is 5.91 Å². The van der Waals surface area contributed by atoms with E-state index < -0.39 is 10.8 Å². The molecule has 0 spiro atoms. The maximum Gasteiger partial charge on any atom is 0.257 e. The van der Waals surface area contributed by atoms with E-state index in [1.807, 2.05) is 30.3 Å². The topological polar surface area (TPSA) is 72.0 Å². The number of carbonyl (C=O) groups excluding carboxylic acids is 1. The van der Waals surface area contributed by atoms with E-state index in [0.717, 1.165) is 16.9 Å². The van der Waals surface area contributed by atoms with E-state index >= 15 is 0 Å². The van der Waals surface area contributed by atoms with Crippen molar-refractivity contribution in [1.29, 1.82) is 0 Å². The molecule has 0 aliphatic rings. The van der Waals surface area contributed by atoms with Crippen LogP contribution in [0.4, 0.5) is 5.13 Å². The molecular weight excluding hydrogens is 366 g/mol. The molecule has 0 saturated heterocycles. The Morgan fingerprint density at radius 3 is 2.50 bits per heavy atom. The molecule has 0 saturated carbocycles. The molecule has 24 heavy (non-hydrogen) atoms. The van der Waals surface area contributed by atoms with Gasteiger partial charge in [-0.1, -0.05) is 53.3 Å². The van der Waals surface area contributed by atoms with Crippen molar-refractivity contribution in [2.75, 3.05) is 5.32 Å². The summed E-state index contributed by atoms with van der Waals surface area (Å²) in [6.45, 7) is 0. The molecule has 0 unspecified atom stereocenters. The van der Waals surface area contributed by atoms with E-state index in [0.29, 0.717) is 25.8 Å². The van der Waals surface area contributed by atoms with Crippen molar-refractivity contribution in [2.45, 2.75) is 10.1 Å². The van der Waals surface area contributed by atoms with Crippen LogP contribution in [0.15, 0.2) is 58.9 Å². The van der Waals surface area contributed by atoms with E-state index in [2.05, 4.69) is 15.5 Å². The maximum absolute atomic E-state index is 12.3. The standard InChI is InChI=1S/C16H12ClN3O2S2/c17-13-8-6-12(7-9-13)14(21)18-15-19-20-16(23-15)24(22)10-11-4-2-1-3-5-11/h1-9H,10H2,(H,18,19,21)/t24-/m1/s1. The highest BCUT2D eigenvalue weighted by molar-refractivity contribution is 7.86. The average molecular weight is 378 g/mol. The summed E-state index contributed by atoms with van der Waals surface area (Å²) < 4.78 is 12.7. The van der Waals surface area contributed by atoms with Crippen molar-refractivity contribution >= 4 is 44.8 Å². The van der Waals surface area contributed by atoms with Crippen molar-refractivity contribution in [1.82, 2.24) is 10.2 Å². The number of hydrogen-bond acceptors (Lipinski definition) is 5. The van der Waals surface area contributed by atoms with Gasteiger partial charge in [0, 0.05) is 10.6 Å². The molecule has 122 valence electrons. The van der Waals surface area contributed by atoms with Crippen molar-refractivity contribution in [3.8, 4) is 0 Å². The summed E-state index contributed by atoms with van der Waals surface area (Å²) in [5, 5.41) is 11.3. The number of anilines is 1. The molecule has 1 N–H and O–H groups in total. The lowest BCUT2D eigenvalue weighted by molar-refractivity contribution is 0.102. The monoisotopic (exact) mass is 377 g/mol. The number of nitrogens with zero attached hydrogens (tertiary/aromatic N) is 2. The maximum atomic E-state index is 12.3. The second-order valence-electron chi connectivity index (χ2n) is 4.81. The first-order valence-corrected chi connectivity index (χ1v) is 9.46. The molecule has 1 aromatic heterocycles. The van der Waals surface area contributed by atoms with Crippen LogP contribution in [0, 0.1) is 0 Å². The number of hydrogen-bond donors (Lipinski definition) is 1. The zero-order chi connectivity index (χ0) is 16.9. The van der Waals surface area contributed by atoms with Gasteiger partial charge in [0.15, 0.2) is 0 Å². The molecular formula is C16H12ClN3O2S2. The number of benzene rings is 2. The Morgan fingerprint density at radius 2 is 1.79 bits per heavy atom. The minimum absolute atomic E-state index is 0.311. The Kier molecular flexibility index (Phi) is 5.34. The van der Waals surface area contributed by atoms with Gasteiger partial charge in [-0.05, 0) is 29.8 Å². The Hall–Kier alpha value is -2.09. The van der Waals surface area contributed by atoms with Crippen LogP contribution in [-0.4, -0.2) is 20.3 Å². The zero-order valence-electron chi connectivity index (χ0n) is 12.3. The molecule has 0 aliphatic carbocycles. The van der Waals surface area contributed by atoms with E-state index in [4.69, 9.17) is 11.6 Å². The fourth-order valence-electron chi connectivity index (χ4n) is 1.91. The lowest BCUT2D eigenvalue weighted by atomic mass is 10.2. The number of halogens is 1. The van der Waals surface area contributed by atoms with Crippen LogP contribution in [0.2, 0.25) is 5.02 Å². The summed E-state index contributed by atoms with van der Waals surface area (Å²) in [6.07, 6.45) is 0. The minimum Gasteiger partial charge on any atom is -0.296 e. The molecule has 1 heterocycles. The first kappa shape index (κ1) is 16.8. The quantitative estimate of drug-likeness (QED) is 0.687. The van der Waals surface area contributed by atoms with Gasteiger partial charge in [-0.25, -0.2) is 0 Å². The predicted molar refractivity (Wildman–Crippen MR) is 95.9 cm³/mol. The second kappa shape index (κ2) is 7.65. The molecule has 0 fully saturated rings. The molecule has 2 aromatic carbocycles. The number of rotatable bonds is 5. The fraction of sp³-hybridized carbons (Fsp3) is 0.0625. The fourth-order valence-corrected chi connectivity index (χ4v) is 4.04. The van der Waals surface area contributed by atoms with Crippen LogP contribution in [-0.2, 0) is 16.6 Å². The van der Waals surface area contributed by atoms with Crippen molar-refractivity contribution in [3.63, 3.8) is 0 Å². The van der Waals surface area contributed by atoms with Crippen molar-refractivity contribution < 1.29 is 9.00 Å². The summed E-state index contributed by atoms with van der Waals surface area (Å²) >= 11 is 6.90. The van der Waals surface area contributed by atoms with Gasteiger partial charge in [-0.3, -0.25) is 14.3 Å². The van der Waals surface area contributed by atoms with Crippen LogP contribution in [0.3, 0.4) is 0 Å². The largest absolute Gasteiger partial charge is 0.296 e. The molecule has 0 bridgehead atoms. The van der Waals surface area contributed by atoms with Crippen LogP contribution in [0.5, 0.6) is 0 Å². The van der Waals surface area contributed by atoms with Gasteiger partial charge in [-0.2, -0.15) is 0 Å². The normalized spacial score (nSPS) is 11.9. The predicted octanol–water partition coefficient (Wildman–Crippen LogP) is 3.75. The highest BCUT2D eigenvalue weighted by Crippen LogP contribution is 2.21. The van der Waals surface area contributed by atoms with Gasteiger partial charge in [-0.15, -0.1) is 10.2 Å². The van der Waals surface area contributed by atoms with Gasteiger partial charge in [0.2, 0.25) is 9.47 Å². The second-order valence-corrected chi connectivity index (χ2v) is 7.85. The molecule has 3 rings (SSSR count). The molecule has 3 aromatic rings. The number of amides is 1. The summed E-state index contributed by atoms with van der Waals surface area (Å²) in [4.78, 5) is 12.1. The number of nitrogens with one attached hydrogen (secondary N) is 1. The highest BCUT2D eigenvalue weighted by Gasteiger charge is 2.14. The van der Waals surface area contributed by atoms with E-state index in [9.17, 15) is 9.00 Å². The first-order chi connectivity index (χ1) is 11.6. The van der Waals surface area contributed by atoms with E-state index in [1.165, 1.54) is 0 Å². The molecule has 0 radical (unpaired) electrons. The van der Waals surface area contributed by atoms with Crippen LogP contribution >= 0.6 is 22.9 Å². The Balaban J connectivity index is 1.66. The van der Waals surface area contributed by atoms with Crippen LogP contribution in [0.1, 0.15) is 15.9 Å². The molecule has 5 nitrogen and oxygen atoms in total. The average Bonchev–Trinajstić information content (AvgIpc) is 3.05. The van der Waals surface area contributed by atoms with Gasteiger partial charge >= 0.3 is 0 Å². The Bertz CT molecular complexity index is 867. The Morgan fingerprint density at radius 1 is 1.08 bits per heavy atom. The Labute approximate surface area is 150 Å². The third-order valence-electron chi connectivity index (χ3n) is 3.07. The minimum atomic E-state index is -1.30. The summed E-state index contributed by atoms with van der Waals surface area (Å²) in [5.41, 5.74) is 1.42. The molecule has 1 amide bonds. The van der Waals surface area contributed by atoms with Crippen molar-refractivity contribution in [2.24, 2.45) is 0 Å². The third-order valence-corrected chi connectivity index (χ3v) is 5.83. The van der Waals surface area contributed by atoms with Gasteiger partial charge in [0.05, 0.1) is 16.6 Å². The highest BCUT2D eigenvalue weighted by atomic mass is 35.5. The molecule has 8 heteroatoms. The van der Waals surface area contributed by atoms with Crippen LogP contribution in [0.25, 0.3) is 0 Å². The SMILES string of the molecule is O=C(Nc1nnc([S@](=O)Cc2ccccc2)s1)c1ccc(Cl)cc1. The van der Waals surface area contributed by atoms with E-state index in [-0.39, 0.29) is 5.91 Å². The molecule has 1 atom stereocenters. The lowest BCUT2D eigenvalue weighted by Gasteiger charge is -2.00. The molecule has 0 aliphatic heterocycles. The summed E-state index contributed by atoms with van der Waals surface area (Å²) in [7, 11) is -1.30. The smallest absolute Gasteiger partial charge is 0.257 e. The van der Waals surface area contributed by atoms with Gasteiger partial charge < -0.3 is 0 Å². The lowest BCUT2D eigenvalue weighted by Crippen LogP contribution is -2.11. The van der Waals surface area contributed by atoms with Crippen molar-refractivity contribution in [3.05, 3.63) is 70.7 Å². The van der Waals surface area contributed by atoms with Gasteiger partial charge in [0.1, 0.15) is 0 Å². The van der Waals surface area contributed by atoms with E-state index in [1.54, 1.807) is 24.3 Å². The number of carbonyl (C=O) groups is 1. The third kappa shape index (κ3) is 4.25. The zero-order valence-corrected chi connectivity index (χ0v) is 14.7. The summed E-state index contributed by atoms with van der Waals surface area (Å²) in [5.74, 6) is 0.0452. The summed E-state index contributed by atoms with van der Waals surface area (Å²) in [6, 6.07) is 16.0. The first-order valence-electron chi connectivity index (χ1n) is 6.94. The number of aromatic nitrogens is 2.